The number of hydrogen-bond donors (Lipinski definition) is 0. The Morgan fingerprint density at radius 1 is 1.43 bits per heavy atom. The maximum absolute atomic E-state index is 12.5. The largest absolute Gasteiger partial charge is 0.308 e. The van der Waals surface area contributed by atoms with E-state index in [0.717, 1.165) is 23.3 Å². The number of thioether (sulfide) groups is 1. The van der Waals surface area contributed by atoms with Crippen LogP contribution in [0.1, 0.15) is 42.6 Å². The molecule has 0 N–H and O–H groups in total. The van der Waals surface area contributed by atoms with Gasteiger partial charge < -0.3 is 4.90 Å². The van der Waals surface area contributed by atoms with Gasteiger partial charge in [-0.3, -0.25) is 9.48 Å². The first kappa shape index (κ1) is 17.0. The molecule has 0 saturated heterocycles. The van der Waals surface area contributed by atoms with Crippen molar-refractivity contribution in [2.45, 2.75) is 43.9 Å². The van der Waals surface area contributed by atoms with Crippen LogP contribution in [-0.2, 0) is 6.54 Å². The standard InChI is InChI=1S/C15H24BrN3OS/c1-18(2)8-9-19-15(13(16)10-17-19)14(20)11-21-12-6-4-3-5-7-12/h10,12H,3-9,11H2,1-2H3. The van der Waals surface area contributed by atoms with Crippen molar-refractivity contribution in [1.82, 2.24) is 14.7 Å². The highest BCUT2D eigenvalue weighted by Gasteiger charge is 2.20. The van der Waals surface area contributed by atoms with E-state index in [1.807, 2.05) is 30.5 Å². The predicted molar refractivity (Wildman–Crippen MR) is 92.1 cm³/mol. The molecule has 0 atom stereocenters. The lowest BCUT2D eigenvalue weighted by Gasteiger charge is -2.20. The second kappa shape index (κ2) is 8.34. The molecule has 1 heterocycles. The van der Waals surface area contributed by atoms with Gasteiger partial charge in [0.25, 0.3) is 0 Å². The molecule has 21 heavy (non-hydrogen) atoms. The highest BCUT2D eigenvalue weighted by Crippen LogP contribution is 2.29. The van der Waals surface area contributed by atoms with Crippen LogP contribution in [0.3, 0.4) is 0 Å². The number of rotatable bonds is 7. The third-order valence-electron chi connectivity index (χ3n) is 3.82. The number of hydrogen-bond acceptors (Lipinski definition) is 4. The molecule has 0 aromatic carbocycles. The molecule has 1 aliphatic carbocycles. The van der Waals surface area contributed by atoms with Crippen molar-refractivity contribution in [2.24, 2.45) is 0 Å². The maximum Gasteiger partial charge on any atom is 0.191 e. The first-order valence-electron chi connectivity index (χ1n) is 7.58. The average Bonchev–Trinajstić information content (AvgIpc) is 2.85. The molecule has 4 nitrogen and oxygen atoms in total. The topological polar surface area (TPSA) is 38.1 Å². The summed E-state index contributed by atoms with van der Waals surface area (Å²) in [6.07, 6.45) is 8.24. The van der Waals surface area contributed by atoms with Gasteiger partial charge >= 0.3 is 0 Å². The lowest BCUT2D eigenvalue weighted by molar-refractivity contribution is 0.101. The number of likely N-dealkylation sites (N-methyl/N-ethyl adjacent to an activating group) is 1. The number of carbonyl (C=O) groups excluding carboxylic acids is 1. The van der Waals surface area contributed by atoms with Crippen molar-refractivity contribution in [3.05, 3.63) is 16.4 Å². The number of Topliss-reactive ketones (excluding diaryl/α,β-unsaturated/α-hetero) is 1. The Hall–Kier alpha value is -0.330. The summed E-state index contributed by atoms with van der Waals surface area (Å²) in [4.78, 5) is 14.6. The molecule has 1 fully saturated rings. The van der Waals surface area contributed by atoms with Crippen molar-refractivity contribution in [2.75, 3.05) is 26.4 Å². The number of carbonyl (C=O) groups is 1. The summed E-state index contributed by atoms with van der Waals surface area (Å²) < 4.78 is 2.64. The summed E-state index contributed by atoms with van der Waals surface area (Å²) in [6, 6.07) is 0. The molecule has 1 aromatic rings. The Morgan fingerprint density at radius 3 is 2.81 bits per heavy atom. The van der Waals surface area contributed by atoms with Gasteiger partial charge in [-0.2, -0.15) is 16.9 Å². The van der Waals surface area contributed by atoms with E-state index >= 15 is 0 Å². The number of aromatic nitrogens is 2. The molecule has 1 aliphatic rings. The van der Waals surface area contributed by atoms with Crippen LogP contribution in [0.25, 0.3) is 0 Å². The Balaban J connectivity index is 1.92. The molecule has 1 saturated carbocycles. The Labute approximate surface area is 139 Å². The van der Waals surface area contributed by atoms with Crippen LogP contribution in [0, 0.1) is 0 Å². The molecule has 0 spiro atoms. The summed E-state index contributed by atoms with van der Waals surface area (Å²) in [6.45, 7) is 1.62. The van der Waals surface area contributed by atoms with Crippen LogP contribution in [0.2, 0.25) is 0 Å². The van der Waals surface area contributed by atoms with Gasteiger partial charge in [0.1, 0.15) is 5.69 Å². The molecule has 6 heteroatoms. The normalized spacial score (nSPS) is 16.6. The van der Waals surface area contributed by atoms with Gasteiger partial charge in [-0.1, -0.05) is 19.3 Å². The van der Waals surface area contributed by atoms with Gasteiger partial charge in [-0.25, -0.2) is 0 Å². The third-order valence-corrected chi connectivity index (χ3v) is 5.77. The molecule has 0 bridgehead atoms. The zero-order chi connectivity index (χ0) is 15.2. The van der Waals surface area contributed by atoms with Crippen LogP contribution in [-0.4, -0.2) is 52.1 Å². The molecule has 118 valence electrons. The number of nitrogens with zero attached hydrogens (tertiary/aromatic N) is 3. The first-order valence-corrected chi connectivity index (χ1v) is 9.43. The quantitative estimate of drug-likeness (QED) is 0.686. The predicted octanol–water partition coefficient (Wildman–Crippen LogP) is 3.46. The van der Waals surface area contributed by atoms with Gasteiger partial charge in [-0.15, -0.1) is 0 Å². The minimum Gasteiger partial charge on any atom is -0.308 e. The monoisotopic (exact) mass is 373 g/mol. The van der Waals surface area contributed by atoms with Crippen molar-refractivity contribution in [1.29, 1.82) is 0 Å². The van der Waals surface area contributed by atoms with Crippen molar-refractivity contribution < 1.29 is 4.79 Å². The minimum absolute atomic E-state index is 0.189. The lowest BCUT2D eigenvalue weighted by atomic mass is 10.0. The van der Waals surface area contributed by atoms with E-state index in [1.54, 1.807) is 6.20 Å². The highest BCUT2D eigenvalue weighted by atomic mass is 79.9. The van der Waals surface area contributed by atoms with E-state index < -0.39 is 0 Å². The highest BCUT2D eigenvalue weighted by molar-refractivity contribution is 9.10. The fraction of sp³-hybridized carbons (Fsp3) is 0.733. The fourth-order valence-electron chi connectivity index (χ4n) is 2.60. The molecule has 0 aliphatic heterocycles. The van der Waals surface area contributed by atoms with Crippen LogP contribution >= 0.6 is 27.7 Å². The Bertz CT molecular complexity index is 469. The Morgan fingerprint density at radius 2 is 2.14 bits per heavy atom. The van der Waals surface area contributed by atoms with E-state index in [0.29, 0.717) is 11.0 Å². The van der Waals surface area contributed by atoms with Crippen molar-refractivity contribution in [3.63, 3.8) is 0 Å². The summed E-state index contributed by atoms with van der Waals surface area (Å²) in [7, 11) is 4.05. The lowest BCUT2D eigenvalue weighted by Crippen LogP contribution is -2.22. The van der Waals surface area contributed by atoms with Crippen molar-refractivity contribution >= 4 is 33.5 Å². The van der Waals surface area contributed by atoms with Crippen molar-refractivity contribution in [3.8, 4) is 0 Å². The third kappa shape index (κ3) is 5.11. The first-order chi connectivity index (χ1) is 10.1. The molecule has 0 radical (unpaired) electrons. The second-order valence-electron chi connectivity index (χ2n) is 5.86. The number of halogens is 1. The minimum atomic E-state index is 0.189. The van der Waals surface area contributed by atoms with E-state index in [1.165, 1.54) is 32.1 Å². The maximum atomic E-state index is 12.5. The van der Waals surface area contributed by atoms with E-state index in [9.17, 15) is 4.79 Å². The van der Waals surface area contributed by atoms with Gasteiger partial charge in [0, 0.05) is 11.8 Å². The van der Waals surface area contributed by atoms with E-state index in [-0.39, 0.29) is 5.78 Å². The summed E-state index contributed by atoms with van der Waals surface area (Å²) in [5, 5.41) is 4.98. The molecular weight excluding hydrogens is 350 g/mol. The molecular formula is C15H24BrN3OS. The summed E-state index contributed by atoms with van der Waals surface area (Å²) >= 11 is 5.29. The van der Waals surface area contributed by atoms with Gasteiger partial charge in [0.05, 0.1) is 23.0 Å². The smallest absolute Gasteiger partial charge is 0.191 e. The van der Waals surface area contributed by atoms with Crippen LogP contribution < -0.4 is 0 Å². The molecule has 1 aromatic heterocycles. The molecule has 0 amide bonds. The fourth-order valence-corrected chi connectivity index (χ4v) is 4.31. The number of ketones is 1. The SMILES string of the molecule is CN(C)CCn1ncc(Br)c1C(=O)CSC1CCCCC1. The summed E-state index contributed by atoms with van der Waals surface area (Å²) in [5.41, 5.74) is 0.722. The van der Waals surface area contributed by atoms with Crippen LogP contribution in [0.4, 0.5) is 0 Å². The van der Waals surface area contributed by atoms with Crippen LogP contribution in [0.5, 0.6) is 0 Å². The van der Waals surface area contributed by atoms with E-state index in [4.69, 9.17) is 0 Å². The van der Waals surface area contributed by atoms with E-state index in [2.05, 4.69) is 25.9 Å². The second-order valence-corrected chi connectivity index (χ2v) is 8.00. The van der Waals surface area contributed by atoms with Gasteiger partial charge in [0.15, 0.2) is 5.78 Å². The van der Waals surface area contributed by atoms with Gasteiger partial charge in [0.2, 0.25) is 0 Å². The Kier molecular flexibility index (Phi) is 6.76. The zero-order valence-corrected chi connectivity index (χ0v) is 15.3. The van der Waals surface area contributed by atoms with Crippen LogP contribution in [0.15, 0.2) is 10.7 Å². The molecule has 2 rings (SSSR count). The van der Waals surface area contributed by atoms with Gasteiger partial charge in [-0.05, 0) is 42.9 Å². The average molecular weight is 374 g/mol. The zero-order valence-electron chi connectivity index (χ0n) is 12.8. The summed E-state index contributed by atoms with van der Waals surface area (Å²) in [5.74, 6) is 0.755. The molecule has 0 unspecified atom stereocenters.